The largest absolute Gasteiger partial charge is 0.386 e. The van der Waals surface area contributed by atoms with Crippen molar-refractivity contribution in [3.63, 3.8) is 0 Å². The Hall–Kier alpha value is -0.0900. The minimum absolute atomic E-state index is 0.217. The molecule has 4 heteroatoms. The van der Waals surface area contributed by atoms with E-state index in [2.05, 4.69) is 5.32 Å². The zero-order chi connectivity index (χ0) is 9.26. The normalized spacial score (nSPS) is 24.9. The van der Waals surface area contributed by atoms with E-state index in [1.54, 1.807) is 0 Å². The lowest BCUT2D eigenvalue weighted by Crippen LogP contribution is -2.28. The molecule has 0 radical (unpaired) electrons. The Morgan fingerprint density at radius 3 is 3.00 bits per heavy atom. The molecule has 0 amide bonds. The van der Waals surface area contributed by atoms with E-state index in [1.807, 2.05) is 12.1 Å². The molecule has 0 saturated carbocycles. The summed E-state index contributed by atoms with van der Waals surface area (Å²) in [5.41, 5.74) is 0. The zero-order valence-electron chi connectivity index (χ0n) is 7.16. The van der Waals surface area contributed by atoms with Crippen molar-refractivity contribution in [3.8, 4) is 0 Å². The molecule has 2 heterocycles. The molecule has 2 rings (SSSR count). The molecular weight excluding hydrogens is 206 g/mol. The Morgan fingerprint density at radius 1 is 1.62 bits per heavy atom. The highest BCUT2D eigenvalue weighted by Crippen LogP contribution is 2.30. The molecule has 1 fully saturated rings. The summed E-state index contributed by atoms with van der Waals surface area (Å²) in [6, 6.07) is 3.95. The van der Waals surface area contributed by atoms with Gasteiger partial charge in [-0.3, -0.25) is 0 Å². The Labute approximate surface area is 86.5 Å². The Kier molecular flexibility index (Phi) is 2.89. The van der Waals surface area contributed by atoms with Crippen LogP contribution in [0.25, 0.3) is 0 Å². The summed E-state index contributed by atoms with van der Waals surface area (Å²) >= 11 is 7.26. The van der Waals surface area contributed by atoms with Gasteiger partial charge in [0.1, 0.15) is 6.10 Å². The van der Waals surface area contributed by atoms with Gasteiger partial charge in [-0.25, -0.2) is 0 Å². The molecule has 1 aliphatic rings. The predicted molar refractivity (Wildman–Crippen MR) is 55.3 cm³/mol. The summed E-state index contributed by atoms with van der Waals surface area (Å²) in [7, 11) is 0. The molecule has 0 bridgehead atoms. The number of rotatable bonds is 2. The van der Waals surface area contributed by atoms with E-state index in [-0.39, 0.29) is 12.1 Å². The molecule has 1 aromatic heterocycles. The van der Waals surface area contributed by atoms with E-state index in [4.69, 9.17) is 11.6 Å². The van der Waals surface area contributed by atoms with Gasteiger partial charge in [0.2, 0.25) is 0 Å². The number of aliphatic hydroxyl groups is 1. The average Bonchev–Trinajstić information content (AvgIpc) is 2.72. The van der Waals surface area contributed by atoms with Crippen LogP contribution in [0.5, 0.6) is 0 Å². The highest BCUT2D eigenvalue weighted by atomic mass is 35.5. The molecule has 0 aromatic carbocycles. The third-order valence-electron chi connectivity index (χ3n) is 2.37. The van der Waals surface area contributed by atoms with E-state index in [0.717, 1.165) is 28.6 Å². The maximum Gasteiger partial charge on any atom is 0.103 e. The van der Waals surface area contributed by atoms with Crippen molar-refractivity contribution in [1.29, 1.82) is 0 Å². The summed E-state index contributed by atoms with van der Waals surface area (Å²) < 4.78 is 0.743. The highest BCUT2D eigenvalue weighted by Gasteiger charge is 2.24. The molecule has 2 atom stereocenters. The first-order chi connectivity index (χ1) is 6.27. The van der Waals surface area contributed by atoms with Crippen LogP contribution in [-0.4, -0.2) is 17.7 Å². The molecule has 1 saturated heterocycles. The van der Waals surface area contributed by atoms with Crippen LogP contribution in [0.3, 0.4) is 0 Å². The molecular formula is C9H12ClNOS. The highest BCUT2D eigenvalue weighted by molar-refractivity contribution is 7.16. The smallest absolute Gasteiger partial charge is 0.103 e. The van der Waals surface area contributed by atoms with Crippen LogP contribution in [0, 0.1) is 0 Å². The first-order valence-electron chi connectivity index (χ1n) is 4.44. The number of hydrogen-bond acceptors (Lipinski definition) is 3. The van der Waals surface area contributed by atoms with E-state index in [1.165, 1.54) is 11.3 Å². The SMILES string of the molecule is OC(c1ccc(Cl)s1)[C@H]1CCCN1. The second-order valence-corrected chi connectivity index (χ2v) is 5.04. The molecule has 1 aromatic rings. The number of halogens is 1. The number of hydrogen-bond donors (Lipinski definition) is 2. The van der Waals surface area contributed by atoms with Crippen molar-refractivity contribution in [2.45, 2.75) is 25.0 Å². The fourth-order valence-electron chi connectivity index (χ4n) is 1.67. The molecule has 13 heavy (non-hydrogen) atoms. The van der Waals surface area contributed by atoms with Crippen molar-refractivity contribution < 1.29 is 5.11 Å². The molecule has 1 unspecified atom stereocenters. The minimum Gasteiger partial charge on any atom is -0.386 e. The van der Waals surface area contributed by atoms with Gasteiger partial charge in [0.15, 0.2) is 0 Å². The van der Waals surface area contributed by atoms with Gasteiger partial charge < -0.3 is 10.4 Å². The summed E-state index contributed by atoms with van der Waals surface area (Å²) in [6.07, 6.45) is 1.82. The fourth-order valence-corrected chi connectivity index (χ4v) is 2.78. The van der Waals surface area contributed by atoms with Crippen LogP contribution < -0.4 is 5.32 Å². The third kappa shape index (κ3) is 2.05. The van der Waals surface area contributed by atoms with Crippen molar-refractivity contribution in [2.75, 3.05) is 6.54 Å². The monoisotopic (exact) mass is 217 g/mol. The quantitative estimate of drug-likeness (QED) is 0.796. The van der Waals surface area contributed by atoms with Crippen molar-refractivity contribution in [1.82, 2.24) is 5.32 Å². The summed E-state index contributed by atoms with van der Waals surface area (Å²) in [4.78, 5) is 0.962. The van der Waals surface area contributed by atoms with Crippen LogP contribution in [0.4, 0.5) is 0 Å². The molecule has 0 spiro atoms. The van der Waals surface area contributed by atoms with E-state index in [9.17, 15) is 5.11 Å². The van der Waals surface area contributed by atoms with Gasteiger partial charge in [0.05, 0.1) is 4.34 Å². The van der Waals surface area contributed by atoms with Gasteiger partial charge in [0.25, 0.3) is 0 Å². The van der Waals surface area contributed by atoms with Gasteiger partial charge in [-0.15, -0.1) is 11.3 Å². The van der Waals surface area contributed by atoms with Crippen LogP contribution in [0.15, 0.2) is 12.1 Å². The average molecular weight is 218 g/mol. The van der Waals surface area contributed by atoms with Crippen molar-refractivity contribution in [2.24, 2.45) is 0 Å². The van der Waals surface area contributed by atoms with Gasteiger partial charge in [-0.1, -0.05) is 11.6 Å². The standard InChI is InChI=1S/C9H12ClNOS/c10-8-4-3-7(13-8)9(12)6-2-1-5-11-6/h3-4,6,9,11-12H,1-2,5H2/t6-,9?/m1/s1. The Bertz CT molecular complexity index is 283. The van der Waals surface area contributed by atoms with E-state index in [0.29, 0.717) is 0 Å². The van der Waals surface area contributed by atoms with Crippen molar-refractivity contribution >= 4 is 22.9 Å². The second-order valence-electron chi connectivity index (χ2n) is 3.29. The van der Waals surface area contributed by atoms with Gasteiger partial charge in [-0.2, -0.15) is 0 Å². The lowest BCUT2D eigenvalue weighted by molar-refractivity contribution is 0.141. The van der Waals surface area contributed by atoms with E-state index < -0.39 is 0 Å². The van der Waals surface area contributed by atoms with Crippen LogP contribution >= 0.6 is 22.9 Å². The predicted octanol–water partition coefficient (Wildman–Crippen LogP) is 2.19. The van der Waals surface area contributed by atoms with Gasteiger partial charge in [-0.05, 0) is 31.5 Å². The summed E-state index contributed by atoms with van der Waals surface area (Å²) in [5.74, 6) is 0. The maximum atomic E-state index is 9.92. The lowest BCUT2D eigenvalue weighted by atomic mass is 10.1. The Morgan fingerprint density at radius 2 is 2.46 bits per heavy atom. The topological polar surface area (TPSA) is 32.3 Å². The number of thiophene rings is 1. The van der Waals surface area contributed by atoms with Crippen molar-refractivity contribution in [3.05, 3.63) is 21.3 Å². The first-order valence-corrected chi connectivity index (χ1v) is 5.63. The van der Waals surface area contributed by atoms with Crippen LogP contribution in [-0.2, 0) is 0 Å². The van der Waals surface area contributed by atoms with E-state index >= 15 is 0 Å². The van der Waals surface area contributed by atoms with Gasteiger partial charge >= 0.3 is 0 Å². The first kappa shape index (κ1) is 9.46. The summed E-state index contributed by atoms with van der Waals surface area (Å²) in [6.45, 7) is 1.01. The van der Waals surface area contributed by atoms with Crippen LogP contribution in [0.2, 0.25) is 4.34 Å². The Balaban J connectivity index is 2.07. The number of aliphatic hydroxyl groups excluding tert-OH is 1. The molecule has 2 N–H and O–H groups in total. The molecule has 72 valence electrons. The molecule has 0 aliphatic carbocycles. The summed E-state index contributed by atoms with van der Waals surface area (Å²) in [5, 5.41) is 13.2. The van der Waals surface area contributed by atoms with Gasteiger partial charge in [0, 0.05) is 10.9 Å². The van der Waals surface area contributed by atoms with Crippen LogP contribution in [0.1, 0.15) is 23.8 Å². The fraction of sp³-hybridized carbons (Fsp3) is 0.556. The zero-order valence-corrected chi connectivity index (χ0v) is 8.74. The maximum absolute atomic E-state index is 9.92. The molecule has 1 aliphatic heterocycles. The minimum atomic E-state index is -0.389. The number of nitrogens with one attached hydrogen (secondary N) is 1. The lowest BCUT2D eigenvalue weighted by Gasteiger charge is -2.16. The molecule has 2 nitrogen and oxygen atoms in total. The second kappa shape index (κ2) is 3.96. The third-order valence-corrected chi connectivity index (χ3v) is 3.67.